The van der Waals surface area contributed by atoms with Crippen molar-refractivity contribution < 1.29 is 4.79 Å². The standard InChI is InChI=1S/C26H27IN2O/c1-4-23-18(3)25(28-21-15-13-20(27)14-16-21)22-7-5-6-8-24(22)29(23)26(30)19-11-9-17(2)10-12-19/h5-16,18,23,25,28H,4H2,1-3H3/t18-,23-,25+/m1/s1. The van der Waals surface area contributed by atoms with E-state index >= 15 is 0 Å². The van der Waals surface area contributed by atoms with Gasteiger partial charge in [-0.2, -0.15) is 0 Å². The second-order valence-corrected chi connectivity index (χ2v) is 9.31. The van der Waals surface area contributed by atoms with Gasteiger partial charge in [0.05, 0.1) is 6.04 Å². The van der Waals surface area contributed by atoms with E-state index in [9.17, 15) is 4.79 Å². The Morgan fingerprint density at radius 1 is 1.00 bits per heavy atom. The highest BCUT2D eigenvalue weighted by molar-refractivity contribution is 14.1. The molecular weight excluding hydrogens is 483 g/mol. The van der Waals surface area contributed by atoms with Crippen molar-refractivity contribution in [2.45, 2.75) is 39.3 Å². The van der Waals surface area contributed by atoms with Gasteiger partial charge in [-0.25, -0.2) is 0 Å². The van der Waals surface area contributed by atoms with Gasteiger partial charge in [-0.15, -0.1) is 0 Å². The van der Waals surface area contributed by atoms with Crippen molar-refractivity contribution >= 4 is 39.9 Å². The normalized spacial score (nSPS) is 20.5. The van der Waals surface area contributed by atoms with E-state index in [1.54, 1.807) is 0 Å². The van der Waals surface area contributed by atoms with Gasteiger partial charge in [-0.3, -0.25) is 4.79 Å². The number of nitrogens with zero attached hydrogens (tertiary/aromatic N) is 1. The lowest BCUT2D eigenvalue weighted by Gasteiger charge is -2.45. The number of para-hydroxylation sites is 1. The maximum Gasteiger partial charge on any atom is 0.258 e. The van der Waals surface area contributed by atoms with Gasteiger partial charge in [0.1, 0.15) is 0 Å². The number of carbonyl (C=O) groups is 1. The average molecular weight is 510 g/mol. The summed E-state index contributed by atoms with van der Waals surface area (Å²) in [5, 5.41) is 3.74. The third kappa shape index (κ3) is 3.97. The van der Waals surface area contributed by atoms with Crippen LogP contribution in [-0.2, 0) is 0 Å². The smallest absolute Gasteiger partial charge is 0.258 e. The fraction of sp³-hybridized carbons (Fsp3) is 0.269. The predicted molar refractivity (Wildman–Crippen MR) is 133 cm³/mol. The van der Waals surface area contributed by atoms with Crippen LogP contribution in [0, 0.1) is 16.4 Å². The fourth-order valence-electron chi connectivity index (χ4n) is 4.47. The largest absolute Gasteiger partial charge is 0.378 e. The number of fused-ring (bicyclic) bond motifs is 1. The van der Waals surface area contributed by atoms with Crippen molar-refractivity contribution in [3.05, 3.63) is 93.1 Å². The summed E-state index contributed by atoms with van der Waals surface area (Å²) in [6.45, 7) is 6.47. The Hall–Kier alpha value is -2.34. The van der Waals surface area contributed by atoms with Gasteiger partial charge in [0.2, 0.25) is 0 Å². The van der Waals surface area contributed by atoms with E-state index in [0.717, 1.165) is 28.9 Å². The summed E-state index contributed by atoms with van der Waals surface area (Å²) in [6, 6.07) is 25.0. The van der Waals surface area contributed by atoms with E-state index in [-0.39, 0.29) is 23.9 Å². The van der Waals surface area contributed by atoms with Crippen LogP contribution in [0.2, 0.25) is 0 Å². The zero-order valence-corrected chi connectivity index (χ0v) is 19.8. The lowest BCUT2D eigenvalue weighted by molar-refractivity contribution is 0.0960. The number of halogens is 1. The Bertz CT molecular complexity index is 1030. The minimum absolute atomic E-state index is 0.0777. The third-order valence-corrected chi connectivity index (χ3v) is 6.82. The first-order valence-corrected chi connectivity index (χ1v) is 11.6. The molecular formula is C26H27IN2O. The van der Waals surface area contributed by atoms with Gasteiger partial charge in [-0.05, 0) is 84.0 Å². The number of hydrogen-bond acceptors (Lipinski definition) is 2. The number of rotatable bonds is 4. The number of aryl methyl sites for hydroxylation is 1. The van der Waals surface area contributed by atoms with Crippen LogP contribution in [0.3, 0.4) is 0 Å². The molecule has 1 aliphatic heterocycles. The first-order valence-electron chi connectivity index (χ1n) is 10.5. The second-order valence-electron chi connectivity index (χ2n) is 8.06. The van der Waals surface area contributed by atoms with Crippen molar-refractivity contribution in [1.82, 2.24) is 0 Å². The zero-order valence-electron chi connectivity index (χ0n) is 17.6. The molecule has 0 bridgehead atoms. The summed E-state index contributed by atoms with van der Waals surface area (Å²) in [5.41, 5.74) is 5.19. The highest BCUT2D eigenvalue weighted by atomic mass is 127. The van der Waals surface area contributed by atoms with Gasteiger partial charge in [-0.1, -0.05) is 49.7 Å². The maximum absolute atomic E-state index is 13.6. The number of carbonyl (C=O) groups excluding carboxylic acids is 1. The van der Waals surface area contributed by atoms with E-state index in [4.69, 9.17) is 0 Å². The Morgan fingerprint density at radius 2 is 1.67 bits per heavy atom. The Kier molecular flexibility index (Phi) is 6.14. The third-order valence-electron chi connectivity index (χ3n) is 6.10. The molecule has 4 rings (SSSR count). The quantitative estimate of drug-likeness (QED) is 0.391. The van der Waals surface area contributed by atoms with Crippen LogP contribution in [0.4, 0.5) is 11.4 Å². The highest BCUT2D eigenvalue weighted by Gasteiger charge is 2.40. The second kappa shape index (κ2) is 8.80. The molecule has 1 aliphatic rings. The molecule has 0 aromatic heterocycles. The first-order chi connectivity index (χ1) is 14.5. The Balaban J connectivity index is 1.75. The molecule has 1 N–H and O–H groups in total. The molecule has 0 fully saturated rings. The van der Waals surface area contributed by atoms with Crippen LogP contribution >= 0.6 is 22.6 Å². The van der Waals surface area contributed by atoms with Gasteiger partial charge in [0.25, 0.3) is 5.91 Å². The molecule has 3 nitrogen and oxygen atoms in total. The summed E-state index contributed by atoms with van der Waals surface area (Å²) in [4.78, 5) is 15.6. The number of amides is 1. The van der Waals surface area contributed by atoms with Crippen LogP contribution < -0.4 is 10.2 Å². The molecule has 0 radical (unpaired) electrons. The van der Waals surface area contributed by atoms with Crippen LogP contribution in [-0.4, -0.2) is 11.9 Å². The fourth-order valence-corrected chi connectivity index (χ4v) is 4.83. The van der Waals surface area contributed by atoms with Gasteiger partial charge in [0.15, 0.2) is 0 Å². The summed E-state index contributed by atoms with van der Waals surface area (Å²) in [7, 11) is 0. The SMILES string of the molecule is CC[C@@H]1[C@@H](C)[C@H](Nc2ccc(I)cc2)c2ccccc2N1C(=O)c1ccc(C)cc1. The molecule has 154 valence electrons. The van der Waals surface area contributed by atoms with Crippen LogP contribution in [0.1, 0.15) is 47.8 Å². The lowest BCUT2D eigenvalue weighted by Crippen LogP contribution is -2.50. The maximum atomic E-state index is 13.6. The van der Waals surface area contributed by atoms with Crippen molar-refractivity contribution in [3.8, 4) is 0 Å². The molecule has 3 aromatic carbocycles. The van der Waals surface area contributed by atoms with Crippen molar-refractivity contribution in [1.29, 1.82) is 0 Å². The van der Waals surface area contributed by atoms with Crippen molar-refractivity contribution in [3.63, 3.8) is 0 Å². The molecule has 1 amide bonds. The lowest BCUT2D eigenvalue weighted by atomic mass is 9.80. The van der Waals surface area contributed by atoms with E-state index in [2.05, 4.69) is 84.2 Å². The van der Waals surface area contributed by atoms with Crippen LogP contribution in [0.5, 0.6) is 0 Å². The number of anilines is 2. The molecule has 0 saturated carbocycles. The Morgan fingerprint density at radius 3 is 2.33 bits per heavy atom. The topological polar surface area (TPSA) is 32.3 Å². The predicted octanol–water partition coefficient (Wildman–Crippen LogP) is 6.83. The minimum Gasteiger partial charge on any atom is -0.378 e. The average Bonchev–Trinajstić information content (AvgIpc) is 2.76. The molecule has 30 heavy (non-hydrogen) atoms. The minimum atomic E-state index is 0.0777. The molecule has 0 aliphatic carbocycles. The molecule has 4 heteroatoms. The Labute approximate surface area is 192 Å². The zero-order chi connectivity index (χ0) is 21.3. The number of nitrogens with one attached hydrogen (secondary N) is 1. The molecule has 0 unspecified atom stereocenters. The number of hydrogen-bond donors (Lipinski definition) is 1. The summed E-state index contributed by atoms with van der Waals surface area (Å²) < 4.78 is 1.22. The van der Waals surface area contributed by atoms with E-state index < -0.39 is 0 Å². The summed E-state index contributed by atoms with van der Waals surface area (Å²) in [6.07, 6.45) is 0.901. The van der Waals surface area contributed by atoms with Gasteiger partial charge in [0, 0.05) is 32.5 Å². The van der Waals surface area contributed by atoms with E-state index in [1.807, 2.05) is 42.2 Å². The molecule has 3 atom stereocenters. The van der Waals surface area contributed by atoms with Crippen molar-refractivity contribution in [2.75, 3.05) is 10.2 Å². The van der Waals surface area contributed by atoms with Crippen molar-refractivity contribution in [2.24, 2.45) is 5.92 Å². The monoisotopic (exact) mass is 510 g/mol. The first kappa shape index (κ1) is 20.9. The number of benzene rings is 3. The van der Waals surface area contributed by atoms with Crippen LogP contribution in [0.15, 0.2) is 72.8 Å². The van der Waals surface area contributed by atoms with Gasteiger partial charge < -0.3 is 10.2 Å². The van der Waals surface area contributed by atoms with Gasteiger partial charge >= 0.3 is 0 Å². The van der Waals surface area contributed by atoms with E-state index in [1.165, 1.54) is 9.13 Å². The molecule has 0 spiro atoms. The summed E-state index contributed by atoms with van der Waals surface area (Å²) in [5.74, 6) is 0.340. The highest BCUT2D eigenvalue weighted by Crippen LogP contribution is 2.44. The molecule has 3 aromatic rings. The molecule has 1 heterocycles. The van der Waals surface area contributed by atoms with E-state index in [0.29, 0.717) is 0 Å². The summed E-state index contributed by atoms with van der Waals surface area (Å²) >= 11 is 2.33. The molecule has 0 saturated heterocycles. The van der Waals surface area contributed by atoms with Crippen LogP contribution in [0.25, 0.3) is 0 Å².